The molecule has 3 atom stereocenters. The van der Waals surface area contributed by atoms with Gasteiger partial charge in [-0.1, -0.05) is 12.1 Å². The molecular weight excluding hydrogens is 416 g/mol. The molecule has 0 aromatic heterocycles. The molecule has 3 unspecified atom stereocenters. The Kier molecular flexibility index (Phi) is 5.34. The molecule has 0 bridgehead atoms. The van der Waals surface area contributed by atoms with Gasteiger partial charge in [0, 0.05) is 25.3 Å². The summed E-state index contributed by atoms with van der Waals surface area (Å²) in [5.41, 5.74) is 2.34. The highest BCUT2D eigenvalue weighted by Crippen LogP contribution is 2.51. The Hall–Kier alpha value is -2.25. The van der Waals surface area contributed by atoms with Gasteiger partial charge in [-0.05, 0) is 30.5 Å². The number of thioether (sulfide) groups is 1. The van der Waals surface area contributed by atoms with Crippen LogP contribution in [0.2, 0.25) is 0 Å². The van der Waals surface area contributed by atoms with Gasteiger partial charge in [0.2, 0.25) is 11.8 Å². The summed E-state index contributed by atoms with van der Waals surface area (Å²) in [5, 5.41) is 22.1. The number of aliphatic hydroxyl groups is 1. The zero-order valence-corrected chi connectivity index (χ0v) is 18.3. The van der Waals surface area contributed by atoms with Gasteiger partial charge in [-0.2, -0.15) is 5.26 Å². The van der Waals surface area contributed by atoms with Crippen LogP contribution in [-0.2, 0) is 9.53 Å². The lowest BCUT2D eigenvalue weighted by Crippen LogP contribution is -2.69. The Morgan fingerprint density at radius 3 is 2.68 bits per heavy atom. The van der Waals surface area contributed by atoms with Gasteiger partial charge >= 0.3 is 0 Å². The largest absolute Gasteiger partial charge is 0.497 e. The van der Waals surface area contributed by atoms with E-state index >= 15 is 0 Å². The van der Waals surface area contributed by atoms with Crippen molar-refractivity contribution in [1.29, 1.82) is 5.26 Å². The van der Waals surface area contributed by atoms with Gasteiger partial charge in [0.15, 0.2) is 0 Å². The fraction of sp³-hybridized carbons (Fsp3) is 0.545. The number of fused-ring (bicyclic) bond motifs is 1. The minimum atomic E-state index is -1.44. The van der Waals surface area contributed by atoms with Crippen LogP contribution >= 0.6 is 11.8 Å². The highest BCUT2D eigenvalue weighted by atomic mass is 32.2. The SMILES string of the molecule is COc1ccc(C2SCC(=O)N2C2C(C#N)=C3CCCN3C2(O)N2CCOCC2)cc1. The van der Waals surface area contributed by atoms with Crippen LogP contribution in [0.3, 0.4) is 0 Å². The van der Waals surface area contributed by atoms with E-state index in [2.05, 4.69) is 6.07 Å². The van der Waals surface area contributed by atoms with Crippen molar-refractivity contribution in [2.24, 2.45) is 0 Å². The Morgan fingerprint density at radius 2 is 2.00 bits per heavy atom. The van der Waals surface area contributed by atoms with Gasteiger partial charge in [0.1, 0.15) is 17.2 Å². The number of ether oxygens (including phenoxy) is 2. The van der Waals surface area contributed by atoms with Gasteiger partial charge in [-0.25, -0.2) is 0 Å². The topological polar surface area (TPSA) is 89.3 Å². The molecule has 1 aromatic rings. The average Bonchev–Trinajstić information content (AvgIpc) is 3.49. The molecule has 164 valence electrons. The minimum absolute atomic E-state index is 0.0583. The van der Waals surface area contributed by atoms with E-state index in [1.165, 1.54) is 11.8 Å². The third-order valence-electron chi connectivity index (χ3n) is 6.65. The molecule has 4 aliphatic rings. The lowest BCUT2D eigenvalue weighted by molar-refractivity contribution is -0.234. The Bertz CT molecular complexity index is 940. The lowest BCUT2D eigenvalue weighted by atomic mass is 9.99. The number of nitrogens with zero attached hydrogens (tertiary/aromatic N) is 4. The van der Waals surface area contributed by atoms with Crippen molar-refractivity contribution in [1.82, 2.24) is 14.7 Å². The maximum absolute atomic E-state index is 13.2. The number of hydrogen-bond acceptors (Lipinski definition) is 8. The number of carbonyl (C=O) groups excluding carboxylic acids is 1. The molecule has 1 amide bonds. The van der Waals surface area contributed by atoms with Crippen molar-refractivity contribution in [2.75, 3.05) is 45.7 Å². The molecule has 4 aliphatic heterocycles. The summed E-state index contributed by atoms with van der Waals surface area (Å²) in [6, 6.07) is 9.28. The second-order valence-corrected chi connectivity index (χ2v) is 9.22. The van der Waals surface area contributed by atoms with Crippen LogP contribution < -0.4 is 4.74 Å². The van der Waals surface area contributed by atoms with Crippen molar-refractivity contribution in [2.45, 2.75) is 30.1 Å². The van der Waals surface area contributed by atoms with Crippen molar-refractivity contribution in [3.05, 3.63) is 41.1 Å². The molecule has 0 spiro atoms. The van der Waals surface area contributed by atoms with E-state index in [-0.39, 0.29) is 11.3 Å². The normalized spacial score (nSPS) is 31.3. The summed E-state index contributed by atoms with van der Waals surface area (Å²) < 4.78 is 10.8. The van der Waals surface area contributed by atoms with E-state index in [9.17, 15) is 15.2 Å². The van der Waals surface area contributed by atoms with Gasteiger partial charge in [-0.3, -0.25) is 9.69 Å². The zero-order valence-electron chi connectivity index (χ0n) is 17.5. The molecule has 31 heavy (non-hydrogen) atoms. The van der Waals surface area contributed by atoms with Gasteiger partial charge in [0.05, 0.1) is 37.7 Å². The third-order valence-corrected chi connectivity index (χ3v) is 7.88. The molecule has 4 heterocycles. The molecule has 3 saturated heterocycles. The summed E-state index contributed by atoms with van der Waals surface area (Å²) >= 11 is 1.53. The number of morpholine rings is 1. The number of carbonyl (C=O) groups is 1. The molecule has 5 rings (SSSR count). The molecule has 1 N–H and O–H groups in total. The molecule has 9 heteroatoms. The predicted octanol–water partition coefficient (Wildman–Crippen LogP) is 1.50. The summed E-state index contributed by atoms with van der Waals surface area (Å²) in [6.07, 6.45) is 1.64. The maximum Gasteiger partial charge on any atom is 0.234 e. The van der Waals surface area contributed by atoms with Crippen LogP contribution in [0, 0.1) is 11.3 Å². The van der Waals surface area contributed by atoms with Gasteiger partial charge in [0.25, 0.3) is 0 Å². The van der Waals surface area contributed by atoms with E-state index in [1.807, 2.05) is 34.1 Å². The predicted molar refractivity (Wildman–Crippen MR) is 115 cm³/mol. The monoisotopic (exact) mass is 442 g/mol. The highest BCUT2D eigenvalue weighted by Gasteiger charge is 2.62. The number of rotatable bonds is 4. The van der Waals surface area contributed by atoms with Gasteiger partial charge in [-0.15, -0.1) is 11.8 Å². The average molecular weight is 443 g/mol. The molecule has 1 aromatic carbocycles. The Morgan fingerprint density at radius 1 is 1.26 bits per heavy atom. The smallest absolute Gasteiger partial charge is 0.234 e. The van der Waals surface area contributed by atoms with Crippen molar-refractivity contribution >= 4 is 17.7 Å². The van der Waals surface area contributed by atoms with Crippen LogP contribution in [0.1, 0.15) is 23.8 Å². The fourth-order valence-electron chi connectivity index (χ4n) is 5.24. The highest BCUT2D eigenvalue weighted by molar-refractivity contribution is 8.00. The minimum Gasteiger partial charge on any atom is -0.497 e. The van der Waals surface area contributed by atoms with Crippen molar-refractivity contribution in [3.63, 3.8) is 0 Å². The molecule has 8 nitrogen and oxygen atoms in total. The van der Waals surface area contributed by atoms with Crippen molar-refractivity contribution < 1.29 is 19.4 Å². The number of nitriles is 1. The number of allylic oxidation sites excluding steroid dienone is 1. The first-order valence-electron chi connectivity index (χ1n) is 10.6. The van der Waals surface area contributed by atoms with E-state index in [0.29, 0.717) is 44.2 Å². The maximum atomic E-state index is 13.2. The van der Waals surface area contributed by atoms with Crippen LogP contribution in [0.4, 0.5) is 0 Å². The summed E-state index contributed by atoms with van der Waals surface area (Å²) in [4.78, 5) is 18.9. The first-order valence-corrected chi connectivity index (χ1v) is 11.7. The van der Waals surface area contributed by atoms with E-state index in [0.717, 1.165) is 29.9 Å². The van der Waals surface area contributed by atoms with E-state index in [4.69, 9.17) is 9.47 Å². The number of benzene rings is 1. The zero-order chi connectivity index (χ0) is 21.6. The lowest BCUT2D eigenvalue weighted by Gasteiger charge is -2.50. The molecule has 3 fully saturated rings. The summed E-state index contributed by atoms with van der Waals surface area (Å²) in [5.74, 6) is -0.431. The van der Waals surface area contributed by atoms with Crippen LogP contribution in [0.25, 0.3) is 0 Å². The number of hydrogen-bond donors (Lipinski definition) is 1. The van der Waals surface area contributed by atoms with E-state index < -0.39 is 11.9 Å². The molecular formula is C22H26N4O4S. The van der Waals surface area contributed by atoms with Crippen LogP contribution in [0.5, 0.6) is 5.75 Å². The molecule has 0 saturated carbocycles. The van der Waals surface area contributed by atoms with E-state index in [1.54, 1.807) is 12.0 Å². The van der Waals surface area contributed by atoms with Crippen LogP contribution in [0.15, 0.2) is 35.5 Å². The quantitative estimate of drug-likeness (QED) is 0.751. The first kappa shape index (κ1) is 20.6. The summed E-state index contributed by atoms with van der Waals surface area (Å²) in [6.45, 7) is 2.82. The molecule has 0 radical (unpaired) electrons. The Labute approximate surface area is 186 Å². The second-order valence-electron chi connectivity index (χ2n) is 8.15. The molecule has 0 aliphatic carbocycles. The fourth-order valence-corrected chi connectivity index (χ4v) is 6.44. The standard InChI is InChI=1S/C22H26N4O4S/c1-29-16-6-4-15(5-7-16)21-26(19(27)14-31-21)20-17(13-23)18-3-2-8-25(18)22(20,28)24-9-11-30-12-10-24/h4-7,20-21,28H,2-3,8-12,14H2,1H3. The second kappa shape index (κ2) is 8.02. The number of methoxy groups -OCH3 is 1. The first-order chi connectivity index (χ1) is 15.1. The number of amides is 1. The van der Waals surface area contributed by atoms with Crippen molar-refractivity contribution in [3.8, 4) is 11.8 Å². The van der Waals surface area contributed by atoms with Crippen LogP contribution in [-0.4, -0.2) is 83.3 Å². The summed E-state index contributed by atoms with van der Waals surface area (Å²) in [7, 11) is 1.62. The third kappa shape index (κ3) is 3.12. The Balaban J connectivity index is 1.59. The van der Waals surface area contributed by atoms with Gasteiger partial charge < -0.3 is 24.4 Å².